The van der Waals surface area contributed by atoms with Gasteiger partial charge in [0.25, 0.3) is 11.8 Å². The second kappa shape index (κ2) is 9.66. The van der Waals surface area contributed by atoms with Crippen LogP contribution in [0.1, 0.15) is 18.1 Å². The van der Waals surface area contributed by atoms with E-state index in [0.717, 1.165) is 25.3 Å². The fraction of sp³-hybridized carbons (Fsp3) is 0.409. The molecule has 184 valence electrons. The van der Waals surface area contributed by atoms with Gasteiger partial charge in [0.15, 0.2) is 11.9 Å². The van der Waals surface area contributed by atoms with E-state index in [9.17, 15) is 13.6 Å². The molecule has 10 nitrogen and oxygen atoms in total. The highest BCUT2D eigenvalue weighted by Crippen LogP contribution is 2.33. The number of nitrogens with zero attached hydrogens (tertiary/aromatic N) is 6. The third-order valence-corrected chi connectivity index (χ3v) is 6.68. The van der Waals surface area contributed by atoms with Crippen LogP contribution in [0, 0.1) is 0 Å². The van der Waals surface area contributed by atoms with Crippen molar-refractivity contribution in [2.75, 3.05) is 53.7 Å². The fourth-order valence-electron chi connectivity index (χ4n) is 4.20. The first-order chi connectivity index (χ1) is 16.9. The van der Waals surface area contributed by atoms with E-state index in [4.69, 9.17) is 4.74 Å². The first-order valence-corrected chi connectivity index (χ1v) is 11.9. The Morgan fingerprint density at radius 2 is 2.00 bits per heavy atom. The van der Waals surface area contributed by atoms with Gasteiger partial charge >= 0.3 is 0 Å². The van der Waals surface area contributed by atoms with Gasteiger partial charge in [-0.15, -0.1) is 15.3 Å². The molecule has 5 rings (SSSR count). The zero-order valence-electron chi connectivity index (χ0n) is 18.9. The summed E-state index contributed by atoms with van der Waals surface area (Å²) in [5.41, 5.74) is 1.19. The van der Waals surface area contributed by atoms with Crippen molar-refractivity contribution in [2.45, 2.75) is 24.5 Å². The molecule has 1 aromatic carbocycles. The van der Waals surface area contributed by atoms with Crippen LogP contribution in [0.25, 0.3) is 0 Å². The molecule has 1 unspecified atom stereocenters. The molecule has 0 bridgehead atoms. The van der Waals surface area contributed by atoms with Crippen molar-refractivity contribution in [3.63, 3.8) is 0 Å². The maximum atomic E-state index is 13.2. The average molecular weight is 503 g/mol. The molecular weight excluding hydrogens is 478 g/mol. The molecule has 0 radical (unpaired) electrons. The van der Waals surface area contributed by atoms with Gasteiger partial charge in [-0.2, -0.15) is 5.10 Å². The van der Waals surface area contributed by atoms with E-state index in [1.165, 1.54) is 18.4 Å². The number of aromatic nitrogens is 4. The molecule has 2 aliphatic heterocycles. The van der Waals surface area contributed by atoms with Crippen molar-refractivity contribution in [1.82, 2.24) is 20.4 Å². The maximum absolute atomic E-state index is 13.2. The van der Waals surface area contributed by atoms with E-state index in [1.807, 2.05) is 12.1 Å². The number of carbonyl (C=O) groups is 1. The third kappa shape index (κ3) is 5.30. The molecule has 2 atom stereocenters. The monoisotopic (exact) mass is 502 g/mol. The second-order valence-electron chi connectivity index (χ2n) is 8.48. The molecule has 4 heterocycles. The molecule has 2 aliphatic rings. The first-order valence-electron chi connectivity index (χ1n) is 11.1. The van der Waals surface area contributed by atoms with E-state index in [2.05, 4.69) is 35.9 Å². The van der Waals surface area contributed by atoms with Gasteiger partial charge in [-0.25, -0.2) is 8.78 Å². The number of carbonyl (C=O) groups excluding carboxylic acids is 1. The summed E-state index contributed by atoms with van der Waals surface area (Å²) in [5.74, 6) is -2.26. The van der Waals surface area contributed by atoms with Gasteiger partial charge in [0, 0.05) is 38.1 Å². The molecule has 1 amide bonds. The predicted octanol–water partition coefficient (Wildman–Crippen LogP) is 2.80. The lowest BCUT2D eigenvalue weighted by atomic mass is 10.0. The summed E-state index contributed by atoms with van der Waals surface area (Å²) in [6, 6.07) is 10.8. The van der Waals surface area contributed by atoms with Crippen LogP contribution in [0.2, 0.25) is 0 Å². The van der Waals surface area contributed by atoms with Crippen molar-refractivity contribution in [3.8, 4) is 0 Å². The van der Waals surface area contributed by atoms with Gasteiger partial charge in [0.2, 0.25) is 10.3 Å². The molecule has 3 aromatic rings. The Labute approximate surface area is 204 Å². The Hall–Kier alpha value is -3.45. The predicted molar refractivity (Wildman–Crippen MR) is 128 cm³/mol. The quantitative estimate of drug-likeness (QED) is 0.481. The molecule has 13 heteroatoms. The van der Waals surface area contributed by atoms with Crippen LogP contribution in [0.3, 0.4) is 0 Å². The molecular formula is C22H24F2N8O2S. The molecule has 0 saturated carbocycles. The van der Waals surface area contributed by atoms with E-state index in [0.29, 0.717) is 21.5 Å². The maximum Gasteiger partial charge on any atom is 0.282 e. The topological polar surface area (TPSA) is 108 Å². The molecule has 0 spiro atoms. The summed E-state index contributed by atoms with van der Waals surface area (Å²) < 4.78 is 31.9. The Morgan fingerprint density at radius 3 is 2.74 bits per heavy atom. The minimum atomic E-state index is -2.68. The number of hydrogen-bond acceptors (Lipinski definition) is 10. The van der Waals surface area contributed by atoms with Gasteiger partial charge in [-0.05, 0) is 36.2 Å². The SMILES string of the molecule is COC(C(=O)Nc1nnc(N[C@@H]2CCN(c3cccnn3)C2)s1)c1cccc(N2CC(F)(F)C2)c1. The number of ether oxygens (including phenoxy) is 1. The lowest BCUT2D eigenvalue weighted by Gasteiger charge is -2.40. The molecule has 2 saturated heterocycles. The summed E-state index contributed by atoms with van der Waals surface area (Å²) in [6.07, 6.45) is 1.63. The Balaban J connectivity index is 1.18. The summed E-state index contributed by atoms with van der Waals surface area (Å²) in [4.78, 5) is 16.6. The number of nitrogens with one attached hydrogen (secondary N) is 2. The summed E-state index contributed by atoms with van der Waals surface area (Å²) in [5, 5.41) is 23.3. The lowest BCUT2D eigenvalue weighted by molar-refractivity contribution is -0.126. The van der Waals surface area contributed by atoms with Crippen LogP contribution in [-0.4, -0.2) is 71.6 Å². The zero-order chi connectivity index (χ0) is 24.4. The second-order valence-corrected chi connectivity index (χ2v) is 9.46. The molecule has 2 aromatic heterocycles. The number of alkyl halides is 2. The number of halogens is 2. The van der Waals surface area contributed by atoms with Crippen LogP contribution in [0.15, 0.2) is 42.6 Å². The van der Waals surface area contributed by atoms with Gasteiger partial charge in [-0.3, -0.25) is 10.1 Å². The Bertz CT molecular complexity index is 1170. The van der Waals surface area contributed by atoms with Crippen LogP contribution in [0.5, 0.6) is 0 Å². The largest absolute Gasteiger partial charge is 0.367 e. The number of hydrogen-bond donors (Lipinski definition) is 2. The Morgan fingerprint density at radius 1 is 1.17 bits per heavy atom. The number of rotatable bonds is 8. The van der Waals surface area contributed by atoms with Crippen molar-refractivity contribution >= 4 is 39.0 Å². The van der Waals surface area contributed by atoms with Gasteiger partial charge in [-0.1, -0.05) is 23.5 Å². The van der Waals surface area contributed by atoms with E-state index >= 15 is 0 Å². The number of amides is 1. The molecule has 35 heavy (non-hydrogen) atoms. The number of methoxy groups -OCH3 is 1. The summed E-state index contributed by atoms with van der Waals surface area (Å²) in [6.45, 7) is 0.935. The summed E-state index contributed by atoms with van der Waals surface area (Å²) >= 11 is 1.23. The van der Waals surface area contributed by atoms with Crippen LogP contribution >= 0.6 is 11.3 Å². The third-order valence-electron chi connectivity index (χ3n) is 5.91. The minimum absolute atomic E-state index is 0.164. The minimum Gasteiger partial charge on any atom is -0.367 e. The van der Waals surface area contributed by atoms with Gasteiger partial charge in [0.05, 0.1) is 13.1 Å². The van der Waals surface area contributed by atoms with Gasteiger partial charge in [0.1, 0.15) is 0 Å². The number of anilines is 4. The van der Waals surface area contributed by atoms with E-state index < -0.39 is 17.9 Å². The highest BCUT2D eigenvalue weighted by Gasteiger charge is 2.44. The lowest BCUT2D eigenvalue weighted by Crippen LogP contribution is -2.56. The Kier molecular flexibility index (Phi) is 6.43. The smallest absolute Gasteiger partial charge is 0.282 e. The van der Waals surface area contributed by atoms with Gasteiger partial charge < -0.3 is 19.9 Å². The summed E-state index contributed by atoms with van der Waals surface area (Å²) in [7, 11) is 1.42. The average Bonchev–Trinajstić information content (AvgIpc) is 3.48. The standard InChI is InChI=1S/C22H24F2N8O2S/c1-34-18(14-4-2-5-16(10-14)32-12-22(23,24)13-32)19(33)27-21-30-29-20(35-21)26-15-7-9-31(11-15)17-6-3-8-25-28-17/h2-6,8,10,15,18H,7,9,11-13H2,1H3,(H,26,29)(H,27,30,33)/t15-,18?/m1/s1. The number of benzene rings is 1. The zero-order valence-corrected chi connectivity index (χ0v) is 19.7. The highest BCUT2D eigenvalue weighted by molar-refractivity contribution is 7.19. The first kappa shape index (κ1) is 23.3. The molecule has 0 aliphatic carbocycles. The fourth-order valence-corrected chi connectivity index (χ4v) is 4.92. The molecule has 2 fully saturated rings. The highest BCUT2D eigenvalue weighted by atomic mass is 32.1. The van der Waals surface area contributed by atoms with E-state index in [-0.39, 0.29) is 19.1 Å². The normalized spacial score (nSPS) is 19.8. The van der Waals surface area contributed by atoms with E-state index in [1.54, 1.807) is 35.4 Å². The van der Waals surface area contributed by atoms with Crippen molar-refractivity contribution < 1.29 is 18.3 Å². The van der Waals surface area contributed by atoms with Crippen molar-refractivity contribution in [3.05, 3.63) is 48.2 Å². The van der Waals surface area contributed by atoms with Crippen LogP contribution < -0.4 is 20.4 Å². The van der Waals surface area contributed by atoms with Crippen LogP contribution in [-0.2, 0) is 9.53 Å². The van der Waals surface area contributed by atoms with Crippen molar-refractivity contribution in [2.24, 2.45) is 0 Å². The molecule has 2 N–H and O–H groups in total. The van der Waals surface area contributed by atoms with Crippen LogP contribution in [0.4, 0.5) is 30.5 Å². The van der Waals surface area contributed by atoms with Crippen molar-refractivity contribution in [1.29, 1.82) is 0 Å².